The molecule has 0 aliphatic carbocycles. The highest BCUT2D eigenvalue weighted by Gasteiger charge is 2.11. The predicted molar refractivity (Wildman–Crippen MR) is 88.5 cm³/mol. The van der Waals surface area contributed by atoms with Gasteiger partial charge in [0.25, 0.3) is 0 Å². The average Bonchev–Trinajstić information content (AvgIpc) is 2.62. The third kappa shape index (κ3) is 5.65. The summed E-state index contributed by atoms with van der Waals surface area (Å²) in [5.74, 6) is 1.42. The van der Waals surface area contributed by atoms with E-state index in [1.54, 1.807) is 50.4 Å². The molecule has 0 saturated heterocycles. The van der Waals surface area contributed by atoms with Crippen LogP contribution in [0.1, 0.15) is 5.56 Å². The minimum absolute atomic E-state index is 0. The van der Waals surface area contributed by atoms with E-state index in [4.69, 9.17) is 14.2 Å². The minimum atomic E-state index is -0.234. The number of hydrogen-bond donors (Lipinski definition) is 1. The first-order valence-corrected chi connectivity index (χ1v) is 7.24. The van der Waals surface area contributed by atoms with E-state index in [1.807, 2.05) is 18.2 Å². The topological polar surface area (TPSA) is 73.0 Å². The number of nitrogens with one attached hydrogen (secondary N) is 1. The van der Waals surface area contributed by atoms with Crippen molar-refractivity contribution < 1.29 is 36.0 Å². The van der Waals surface area contributed by atoms with Gasteiger partial charge in [-0.15, -0.1) is 0 Å². The largest absolute Gasteiger partial charge is 1.00 e. The molecule has 8 heteroatoms. The smallest absolute Gasteiger partial charge is 0.305 e. The van der Waals surface area contributed by atoms with Gasteiger partial charge in [-0.1, -0.05) is 6.07 Å². The molecule has 0 unspecified atom stereocenters. The highest BCUT2D eigenvalue weighted by Crippen LogP contribution is 2.33. The van der Waals surface area contributed by atoms with Crippen molar-refractivity contribution in [2.75, 3.05) is 21.3 Å². The van der Waals surface area contributed by atoms with Crippen molar-refractivity contribution in [3.05, 3.63) is 48.3 Å². The number of ether oxygens (including phenoxy) is 3. The molecule has 0 fully saturated rings. The summed E-state index contributed by atoms with van der Waals surface area (Å²) in [6, 6.07) is 9.01. The summed E-state index contributed by atoms with van der Waals surface area (Å²) >= 11 is 0. The molecule has 0 radical (unpaired) electrons. The Morgan fingerprint density at radius 3 is 2.24 bits per heavy atom. The van der Waals surface area contributed by atoms with E-state index in [-0.39, 0.29) is 24.9 Å². The number of amides is 1. The Morgan fingerprint density at radius 1 is 1.04 bits per heavy atom. The molecular weight excluding hydrogens is 346 g/mol. The number of aromatic nitrogens is 1. The van der Waals surface area contributed by atoms with Crippen LogP contribution in [0.15, 0.2) is 47.8 Å². The summed E-state index contributed by atoms with van der Waals surface area (Å²) in [7, 11) is 4.64. The third-order valence-corrected chi connectivity index (χ3v) is 3.23. The first-order chi connectivity index (χ1) is 11.7. The van der Waals surface area contributed by atoms with Crippen molar-refractivity contribution >= 4 is 12.1 Å². The summed E-state index contributed by atoms with van der Waals surface area (Å²) in [6.45, 7) is 0.182. The summed E-state index contributed by atoms with van der Waals surface area (Å²) in [6.07, 6.45) is 5.11. The molecule has 0 bridgehead atoms. The van der Waals surface area contributed by atoms with Gasteiger partial charge in [0.05, 0.1) is 27.5 Å². The van der Waals surface area contributed by atoms with Gasteiger partial charge in [-0.05, 0) is 6.07 Å². The number of hydrazone groups is 1. The third-order valence-electron chi connectivity index (χ3n) is 3.23. The Labute approximate surface area is 152 Å². The molecule has 1 aromatic carbocycles. The van der Waals surface area contributed by atoms with Crippen molar-refractivity contribution in [3.8, 4) is 17.2 Å². The molecule has 25 heavy (non-hydrogen) atoms. The van der Waals surface area contributed by atoms with Crippen molar-refractivity contribution in [2.45, 2.75) is 6.54 Å². The number of carbonyl (C=O) groups is 1. The Morgan fingerprint density at radius 2 is 1.64 bits per heavy atom. The number of nitrogens with zero attached hydrogens (tertiary/aromatic N) is 2. The maximum absolute atomic E-state index is 11.9. The average molecular weight is 366 g/mol. The van der Waals surface area contributed by atoms with Crippen LogP contribution < -0.4 is 36.6 Å². The highest BCUT2D eigenvalue weighted by molar-refractivity contribution is 5.86. The molecule has 0 spiro atoms. The van der Waals surface area contributed by atoms with Crippen LogP contribution in [0.4, 0.5) is 0 Å². The quantitative estimate of drug-likeness (QED) is 0.355. The second-order valence-corrected chi connectivity index (χ2v) is 4.79. The maximum Gasteiger partial charge on any atom is 0.305 e. The zero-order valence-electron chi connectivity index (χ0n) is 14.2. The lowest BCUT2D eigenvalue weighted by Crippen LogP contribution is -3.00. The zero-order chi connectivity index (χ0) is 17.4. The van der Waals surface area contributed by atoms with E-state index < -0.39 is 0 Å². The van der Waals surface area contributed by atoms with Gasteiger partial charge in [0, 0.05) is 23.8 Å². The van der Waals surface area contributed by atoms with Gasteiger partial charge < -0.3 is 26.6 Å². The van der Waals surface area contributed by atoms with E-state index in [0.717, 1.165) is 0 Å². The molecule has 1 amide bonds. The lowest BCUT2D eigenvalue weighted by molar-refractivity contribution is -0.684. The fourth-order valence-electron chi connectivity index (χ4n) is 2.07. The van der Waals surface area contributed by atoms with Gasteiger partial charge in [0.1, 0.15) is 5.75 Å². The number of carbonyl (C=O) groups excluding carboxylic acids is 1. The zero-order valence-corrected chi connectivity index (χ0v) is 15.0. The van der Waals surface area contributed by atoms with Crippen molar-refractivity contribution in [3.63, 3.8) is 0 Å². The van der Waals surface area contributed by atoms with E-state index in [0.29, 0.717) is 22.8 Å². The van der Waals surface area contributed by atoms with Gasteiger partial charge in [0.15, 0.2) is 23.9 Å². The van der Waals surface area contributed by atoms with E-state index in [9.17, 15) is 4.79 Å². The van der Waals surface area contributed by atoms with Crippen LogP contribution in [-0.4, -0.2) is 33.5 Å². The van der Waals surface area contributed by atoms with E-state index in [2.05, 4.69) is 10.5 Å². The monoisotopic (exact) mass is 365 g/mol. The number of benzene rings is 1. The predicted octanol–water partition coefficient (Wildman–Crippen LogP) is -1.85. The van der Waals surface area contributed by atoms with Gasteiger partial charge in [-0.3, -0.25) is 4.79 Å². The fourth-order valence-corrected chi connectivity index (χ4v) is 2.07. The summed E-state index contributed by atoms with van der Waals surface area (Å²) in [4.78, 5) is 11.9. The lowest BCUT2D eigenvalue weighted by Gasteiger charge is -2.11. The highest BCUT2D eigenvalue weighted by atomic mass is 35.5. The van der Waals surface area contributed by atoms with Crippen LogP contribution in [0, 0.1) is 0 Å². The van der Waals surface area contributed by atoms with Crippen molar-refractivity contribution in [2.24, 2.45) is 5.10 Å². The molecule has 1 N–H and O–H groups in total. The number of methoxy groups -OCH3 is 3. The Kier molecular flexibility index (Phi) is 8.22. The minimum Gasteiger partial charge on any atom is -1.00 e. The molecule has 0 aliphatic heterocycles. The molecule has 2 aromatic rings. The Balaban J connectivity index is 0.00000312. The molecule has 0 saturated carbocycles. The summed E-state index contributed by atoms with van der Waals surface area (Å²) < 4.78 is 17.5. The number of pyridine rings is 1. The number of rotatable bonds is 7. The molecule has 1 aromatic heterocycles. The first-order valence-electron chi connectivity index (χ1n) is 7.24. The molecule has 7 nitrogen and oxygen atoms in total. The Hall–Kier alpha value is -2.80. The molecule has 2 rings (SSSR count). The molecule has 0 atom stereocenters. The van der Waals surface area contributed by atoms with Crippen LogP contribution >= 0.6 is 0 Å². The van der Waals surface area contributed by atoms with E-state index in [1.165, 1.54) is 6.21 Å². The SMILES string of the molecule is COc1cc(OC)c(OC)cc1C=NNC(=O)C[n+]1ccccc1.[Cl-]. The lowest BCUT2D eigenvalue weighted by atomic mass is 10.2. The second kappa shape index (κ2) is 10.1. The van der Waals surface area contributed by atoms with Gasteiger partial charge in [-0.2, -0.15) is 9.67 Å². The molecular formula is C17H20ClN3O4. The molecule has 134 valence electrons. The second-order valence-electron chi connectivity index (χ2n) is 4.79. The standard InChI is InChI=1S/C17H19N3O4.ClH/c1-22-14-10-16(24-3)15(23-2)9-13(14)11-18-19-17(21)12-20-7-5-4-6-8-20;/h4-11H,12H2,1-3H3;1H. The summed E-state index contributed by atoms with van der Waals surface area (Å²) in [5, 5.41) is 3.96. The van der Waals surface area contributed by atoms with Crippen molar-refractivity contribution in [1.82, 2.24) is 5.43 Å². The van der Waals surface area contributed by atoms with Crippen LogP contribution in [0.25, 0.3) is 0 Å². The van der Waals surface area contributed by atoms with Crippen molar-refractivity contribution in [1.29, 1.82) is 0 Å². The maximum atomic E-state index is 11.9. The normalized spacial score (nSPS) is 10.0. The molecule has 0 aliphatic rings. The fraction of sp³-hybridized carbons (Fsp3) is 0.235. The van der Waals surface area contributed by atoms with Gasteiger partial charge >= 0.3 is 5.91 Å². The Bertz CT molecular complexity index is 723. The van der Waals surface area contributed by atoms with E-state index >= 15 is 0 Å². The molecule has 1 heterocycles. The van der Waals surface area contributed by atoms with Crippen LogP contribution in [0.2, 0.25) is 0 Å². The van der Waals surface area contributed by atoms with Crippen LogP contribution in [0.3, 0.4) is 0 Å². The van der Waals surface area contributed by atoms with Crippen LogP contribution in [0.5, 0.6) is 17.2 Å². The van der Waals surface area contributed by atoms with Gasteiger partial charge in [-0.25, -0.2) is 5.43 Å². The van der Waals surface area contributed by atoms with Gasteiger partial charge in [0.2, 0.25) is 6.54 Å². The first kappa shape index (κ1) is 20.2. The summed E-state index contributed by atoms with van der Waals surface area (Å²) in [5.41, 5.74) is 3.13. The number of hydrogen-bond acceptors (Lipinski definition) is 5. The van der Waals surface area contributed by atoms with Crippen LogP contribution in [-0.2, 0) is 11.3 Å². The number of halogens is 1.